The number of nitrogens with one attached hydrogen (secondary N) is 1. The Kier molecular flexibility index (Phi) is 4.85. The van der Waals surface area contributed by atoms with Gasteiger partial charge in [0.2, 0.25) is 5.82 Å². The highest BCUT2D eigenvalue weighted by molar-refractivity contribution is 5.59. The number of hydrogen-bond acceptors (Lipinski definition) is 8. The van der Waals surface area contributed by atoms with Gasteiger partial charge in [-0.15, -0.1) is 0 Å². The molecule has 0 aliphatic carbocycles. The Bertz CT molecular complexity index is 892. The van der Waals surface area contributed by atoms with Crippen LogP contribution in [0.3, 0.4) is 0 Å². The summed E-state index contributed by atoms with van der Waals surface area (Å²) in [5.74, 6) is 2.03. The van der Waals surface area contributed by atoms with Crippen molar-refractivity contribution in [2.45, 2.75) is 33.2 Å². The normalized spacial score (nSPS) is 14.9. The van der Waals surface area contributed by atoms with Crippen LogP contribution in [0.4, 0.5) is 5.82 Å². The Morgan fingerprint density at radius 1 is 1.19 bits per heavy atom. The van der Waals surface area contributed by atoms with Crippen molar-refractivity contribution in [2.24, 2.45) is 0 Å². The third kappa shape index (κ3) is 3.55. The Morgan fingerprint density at radius 2 is 2.00 bits per heavy atom. The molecule has 0 aromatic carbocycles. The summed E-state index contributed by atoms with van der Waals surface area (Å²) in [5.41, 5.74) is 2.42. The molecule has 0 saturated carbocycles. The van der Waals surface area contributed by atoms with Crippen molar-refractivity contribution in [2.75, 3.05) is 31.1 Å². The molecule has 1 aliphatic rings. The van der Waals surface area contributed by atoms with Gasteiger partial charge in [-0.2, -0.15) is 10.1 Å². The zero-order valence-corrected chi connectivity index (χ0v) is 15.9. The van der Waals surface area contributed by atoms with Crippen LogP contribution in [0.5, 0.6) is 0 Å². The number of rotatable bonds is 5. The van der Waals surface area contributed by atoms with Crippen LogP contribution in [0.2, 0.25) is 0 Å². The minimum Gasteiger partial charge on any atom is -0.353 e. The van der Waals surface area contributed by atoms with Crippen molar-refractivity contribution < 1.29 is 4.52 Å². The van der Waals surface area contributed by atoms with Crippen LogP contribution in [0.15, 0.2) is 23.1 Å². The summed E-state index contributed by atoms with van der Waals surface area (Å²) in [6.45, 7) is 10.8. The molecule has 0 amide bonds. The van der Waals surface area contributed by atoms with Crippen LogP contribution in [0, 0.1) is 0 Å². The lowest BCUT2D eigenvalue weighted by Crippen LogP contribution is -2.43. The average Bonchev–Trinajstić information content (AvgIpc) is 3.36. The highest BCUT2D eigenvalue weighted by Gasteiger charge is 2.20. The van der Waals surface area contributed by atoms with Crippen molar-refractivity contribution in [1.29, 1.82) is 0 Å². The summed E-state index contributed by atoms with van der Waals surface area (Å²) in [7, 11) is 0. The van der Waals surface area contributed by atoms with Gasteiger partial charge in [0.1, 0.15) is 11.5 Å². The standard InChI is InChI=1S/C18H24N8O/c1-4-26-11-13(16(23-26)12(2)3)18-22-17(24-27-18)14-9-21-15(10-20-14)25-7-5-19-6-8-25/h9-12,19H,4-8H2,1-3H3. The number of hydrogen-bond donors (Lipinski definition) is 1. The zero-order valence-electron chi connectivity index (χ0n) is 15.9. The van der Waals surface area contributed by atoms with Gasteiger partial charge in [-0.1, -0.05) is 19.0 Å². The van der Waals surface area contributed by atoms with Gasteiger partial charge in [-0.3, -0.25) is 4.68 Å². The number of aryl methyl sites for hydroxylation is 1. The van der Waals surface area contributed by atoms with Gasteiger partial charge in [0.05, 0.1) is 23.7 Å². The minimum atomic E-state index is 0.265. The first-order valence-electron chi connectivity index (χ1n) is 9.35. The number of piperazine rings is 1. The summed E-state index contributed by atoms with van der Waals surface area (Å²) in [4.78, 5) is 15.7. The van der Waals surface area contributed by atoms with Gasteiger partial charge in [0.15, 0.2) is 0 Å². The summed E-state index contributed by atoms with van der Waals surface area (Å²) in [6.07, 6.45) is 5.42. The van der Waals surface area contributed by atoms with E-state index in [1.807, 2.05) is 10.9 Å². The summed E-state index contributed by atoms with van der Waals surface area (Å²) >= 11 is 0. The fraction of sp³-hybridized carbons (Fsp3) is 0.500. The van der Waals surface area contributed by atoms with Crippen LogP contribution >= 0.6 is 0 Å². The van der Waals surface area contributed by atoms with E-state index >= 15 is 0 Å². The van der Waals surface area contributed by atoms with E-state index in [2.05, 4.69) is 56.2 Å². The maximum atomic E-state index is 5.50. The summed E-state index contributed by atoms with van der Waals surface area (Å²) < 4.78 is 7.38. The van der Waals surface area contributed by atoms with E-state index in [9.17, 15) is 0 Å². The molecule has 1 saturated heterocycles. The highest BCUT2D eigenvalue weighted by atomic mass is 16.5. The highest BCUT2D eigenvalue weighted by Crippen LogP contribution is 2.28. The topological polar surface area (TPSA) is 97.8 Å². The van der Waals surface area contributed by atoms with E-state index < -0.39 is 0 Å². The second-order valence-electron chi connectivity index (χ2n) is 6.86. The van der Waals surface area contributed by atoms with Crippen LogP contribution in [-0.2, 0) is 6.54 Å². The number of nitrogens with zero attached hydrogens (tertiary/aromatic N) is 7. The van der Waals surface area contributed by atoms with E-state index in [0.29, 0.717) is 17.4 Å². The van der Waals surface area contributed by atoms with Gasteiger partial charge >= 0.3 is 0 Å². The van der Waals surface area contributed by atoms with Crippen LogP contribution in [0.25, 0.3) is 23.0 Å². The lowest BCUT2D eigenvalue weighted by molar-refractivity contribution is 0.431. The average molecular weight is 368 g/mol. The predicted octanol–water partition coefficient (Wildman–Crippen LogP) is 1.94. The van der Waals surface area contributed by atoms with Gasteiger partial charge in [-0.05, 0) is 12.8 Å². The Balaban J connectivity index is 1.58. The molecule has 4 rings (SSSR count). The maximum Gasteiger partial charge on any atom is 0.261 e. The van der Waals surface area contributed by atoms with E-state index in [1.54, 1.807) is 12.4 Å². The maximum absolute atomic E-state index is 5.50. The van der Waals surface area contributed by atoms with E-state index in [4.69, 9.17) is 4.52 Å². The smallest absolute Gasteiger partial charge is 0.261 e. The molecule has 0 atom stereocenters. The molecule has 0 spiro atoms. The number of aromatic nitrogens is 6. The molecular formula is C18H24N8O. The molecule has 0 radical (unpaired) electrons. The zero-order chi connectivity index (χ0) is 18.8. The number of anilines is 1. The van der Waals surface area contributed by atoms with Crippen molar-refractivity contribution in [3.05, 3.63) is 24.3 Å². The molecule has 9 nitrogen and oxygen atoms in total. The first-order chi connectivity index (χ1) is 13.2. The molecule has 1 fully saturated rings. The van der Waals surface area contributed by atoms with Crippen molar-refractivity contribution >= 4 is 5.82 Å². The largest absolute Gasteiger partial charge is 0.353 e. The molecule has 142 valence electrons. The predicted molar refractivity (Wildman–Crippen MR) is 101 cm³/mol. The van der Waals surface area contributed by atoms with E-state index in [1.165, 1.54) is 0 Å². The molecule has 27 heavy (non-hydrogen) atoms. The quantitative estimate of drug-likeness (QED) is 0.730. The molecule has 4 heterocycles. The molecule has 1 N–H and O–H groups in total. The van der Waals surface area contributed by atoms with E-state index in [0.717, 1.165) is 49.8 Å². The second kappa shape index (κ2) is 7.43. The van der Waals surface area contributed by atoms with Crippen LogP contribution in [0.1, 0.15) is 32.4 Å². The summed E-state index contributed by atoms with van der Waals surface area (Å²) in [6, 6.07) is 0. The Morgan fingerprint density at radius 3 is 2.67 bits per heavy atom. The molecule has 9 heteroatoms. The van der Waals surface area contributed by atoms with Crippen molar-refractivity contribution in [1.82, 2.24) is 35.2 Å². The SMILES string of the molecule is CCn1cc(-c2nc(-c3cnc(N4CCNCC4)cn3)no2)c(C(C)C)n1. The fourth-order valence-electron chi connectivity index (χ4n) is 3.12. The van der Waals surface area contributed by atoms with Gasteiger partial charge in [0.25, 0.3) is 5.89 Å². The third-order valence-electron chi connectivity index (χ3n) is 4.63. The second-order valence-corrected chi connectivity index (χ2v) is 6.86. The first kappa shape index (κ1) is 17.6. The van der Waals surface area contributed by atoms with Crippen LogP contribution < -0.4 is 10.2 Å². The van der Waals surface area contributed by atoms with Crippen LogP contribution in [-0.4, -0.2) is 56.1 Å². The Labute approximate surface area is 157 Å². The molecule has 0 bridgehead atoms. The lowest BCUT2D eigenvalue weighted by atomic mass is 10.1. The van der Waals surface area contributed by atoms with Crippen molar-refractivity contribution in [3.63, 3.8) is 0 Å². The van der Waals surface area contributed by atoms with Gasteiger partial charge in [0, 0.05) is 38.9 Å². The molecule has 0 unspecified atom stereocenters. The third-order valence-corrected chi connectivity index (χ3v) is 4.63. The lowest BCUT2D eigenvalue weighted by Gasteiger charge is -2.27. The van der Waals surface area contributed by atoms with Gasteiger partial charge < -0.3 is 14.7 Å². The minimum absolute atomic E-state index is 0.265. The molecule has 1 aliphatic heterocycles. The molecule has 3 aromatic rings. The monoisotopic (exact) mass is 368 g/mol. The van der Waals surface area contributed by atoms with Crippen molar-refractivity contribution in [3.8, 4) is 23.0 Å². The van der Waals surface area contributed by atoms with E-state index in [-0.39, 0.29) is 5.92 Å². The fourth-order valence-corrected chi connectivity index (χ4v) is 3.12. The van der Waals surface area contributed by atoms with Gasteiger partial charge in [-0.25, -0.2) is 9.97 Å². The first-order valence-corrected chi connectivity index (χ1v) is 9.35. The molecule has 3 aromatic heterocycles. The summed E-state index contributed by atoms with van der Waals surface area (Å²) in [5, 5.41) is 12.0. The Hall–Kier alpha value is -2.81. The molecular weight excluding hydrogens is 344 g/mol.